The minimum Gasteiger partial charge on any atom is -0.342 e. The molecule has 2 rings (SSSR count). The van der Waals surface area contributed by atoms with Crippen molar-refractivity contribution in [3.8, 4) is 11.3 Å². The van der Waals surface area contributed by atoms with Crippen molar-refractivity contribution in [3.05, 3.63) is 39.9 Å². The first kappa shape index (κ1) is 13.5. The van der Waals surface area contributed by atoms with Crippen LogP contribution in [-0.2, 0) is 0 Å². The summed E-state index contributed by atoms with van der Waals surface area (Å²) in [5.41, 5.74) is 8.03. The van der Waals surface area contributed by atoms with Gasteiger partial charge in [0.05, 0.1) is 11.9 Å². The number of hydrogen-bond donors (Lipinski definition) is 2. The van der Waals surface area contributed by atoms with Crippen molar-refractivity contribution in [2.45, 2.75) is 25.7 Å². The summed E-state index contributed by atoms with van der Waals surface area (Å²) in [5, 5.41) is 0. The Morgan fingerprint density at radius 3 is 2.67 bits per heavy atom. The Labute approximate surface area is 121 Å². The van der Waals surface area contributed by atoms with E-state index < -0.39 is 0 Å². The van der Waals surface area contributed by atoms with Crippen molar-refractivity contribution < 1.29 is 0 Å². The number of nitrogens with zero attached hydrogens (tertiary/aromatic N) is 1. The van der Waals surface area contributed by atoms with E-state index in [4.69, 9.17) is 5.73 Å². The van der Waals surface area contributed by atoms with Gasteiger partial charge in [0.1, 0.15) is 5.82 Å². The first-order valence-electron chi connectivity index (χ1n) is 6.25. The lowest BCUT2D eigenvalue weighted by Crippen LogP contribution is -2.13. The van der Waals surface area contributed by atoms with Crippen molar-refractivity contribution in [1.29, 1.82) is 0 Å². The minimum atomic E-state index is 0.340. The third-order valence-corrected chi connectivity index (χ3v) is 3.78. The summed E-state index contributed by atoms with van der Waals surface area (Å²) >= 11 is 2.31. The topological polar surface area (TPSA) is 54.7 Å². The van der Waals surface area contributed by atoms with Crippen molar-refractivity contribution >= 4 is 22.6 Å². The van der Waals surface area contributed by atoms with Gasteiger partial charge < -0.3 is 10.7 Å². The van der Waals surface area contributed by atoms with Crippen molar-refractivity contribution in [2.75, 3.05) is 6.54 Å². The quantitative estimate of drug-likeness (QED) is 0.807. The normalized spacial score (nSPS) is 12.6. The molecule has 1 atom stereocenters. The second-order valence-corrected chi connectivity index (χ2v) is 5.66. The average molecular weight is 355 g/mol. The number of nitrogens with one attached hydrogen (secondary N) is 1. The summed E-state index contributed by atoms with van der Waals surface area (Å²) in [6.45, 7) is 2.82. The summed E-state index contributed by atoms with van der Waals surface area (Å²) in [6.07, 6.45) is 4.10. The van der Waals surface area contributed by atoms with Crippen molar-refractivity contribution in [3.63, 3.8) is 0 Å². The standard InChI is InChI=1S/C14H18IN3/c1-2-3-11(8-16)14-17-9-13(18-14)10-4-6-12(15)7-5-10/h4-7,9,11H,2-3,8,16H2,1H3,(H,17,18). The van der Waals surface area contributed by atoms with E-state index in [1.165, 1.54) is 9.13 Å². The number of nitrogens with two attached hydrogens (primary N) is 1. The molecule has 0 aliphatic carbocycles. The van der Waals surface area contributed by atoms with Crippen LogP contribution in [0.4, 0.5) is 0 Å². The lowest BCUT2D eigenvalue weighted by atomic mass is 10.0. The fourth-order valence-corrected chi connectivity index (χ4v) is 2.39. The highest BCUT2D eigenvalue weighted by atomic mass is 127. The molecule has 0 aliphatic heterocycles. The fourth-order valence-electron chi connectivity index (χ4n) is 2.03. The Balaban J connectivity index is 2.21. The van der Waals surface area contributed by atoms with Crippen LogP contribution < -0.4 is 5.73 Å². The summed E-state index contributed by atoms with van der Waals surface area (Å²) in [6, 6.07) is 8.42. The maximum Gasteiger partial charge on any atom is 0.110 e. The van der Waals surface area contributed by atoms with E-state index in [0.717, 1.165) is 24.4 Å². The van der Waals surface area contributed by atoms with E-state index in [1.54, 1.807) is 0 Å². The molecular weight excluding hydrogens is 337 g/mol. The van der Waals surface area contributed by atoms with E-state index in [-0.39, 0.29) is 0 Å². The second-order valence-electron chi connectivity index (χ2n) is 4.41. The fraction of sp³-hybridized carbons (Fsp3) is 0.357. The molecule has 0 bridgehead atoms. The van der Waals surface area contributed by atoms with Gasteiger partial charge in [-0.15, -0.1) is 0 Å². The smallest absolute Gasteiger partial charge is 0.110 e. The van der Waals surface area contributed by atoms with Crippen molar-refractivity contribution in [2.24, 2.45) is 5.73 Å². The molecule has 1 unspecified atom stereocenters. The lowest BCUT2D eigenvalue weighted by molar-refractivity contribution is 0.595. The molecule has 0 saturated carbocycles. The Hall–Kier alpha value is -0.880. The molecule has 3 N–H and O–H groups in total. The summed E-state index contributed by atoms with van der Waals surface area (Å²) in [7, 11) is 0. The average Bonchev–Trinajstić information content (AvgIpc) is 2.86. The Kier molecular flexibility index (Phi) is 4.77. The highest BCUT2D eigenvalue weighted by Crippen LogP contribution is 2.22. The van der Waals surface area contributed by atoms with E-state index in [0.29, 0.717) is 12.5 Å². The molecule has 1 heterocycles. The van der Waals surface area contributed by atoms with Gasteiger partial charge in [0.25, 0.3) is 0 Å². The Bertz CT molecular complexity index is 490. The van der Waals surface area contributed by atoms with Gasteiger partial charge in [0.15, 0.2) is 0 Å². The number of hydrogen-bond acceptors (Lipinski definition) is 2. The number of halogens is 1. The molecule has 0 aliphatic rings. The van der Waals surface area contributed by atoms with Crippen LogP contribution in [0.5, 0.6) is 0 Å². The first-order valence-corrected chi connectivity index (χ1v) is 7.33. The van der Waals surface area contributed by atoms with Gasteiger partial charge in [-0.05, 0) is 46.7 Å². The number of rotatable bonds is 5. The molecule has 1 aromatic carbocycles. The second kappa shape index (κ2) is 6.33. The molecular formula is C14H18IN3. The van der Waals surface area contributed by atoms with Crippen LogP contribution in [0.3, 0.4) is 0 Å². The van der Waals surface area contributed by atoms with E-state index in [2.05, 4.69) is 63.7 Å². The molecule has 0 amide bonds. The third kappa shape index (κ3) is 3.11. The number of aromatic nitrogens is 2. The van der Waals surface area contributed by atoms with E-state index >= 15 is 0 Å². The maximum absolute atomic E-state index is 5.80. The van der Waals surface area contributed by atoms with Crippen LogP contribution in [0.15, 0.2) is 30.5 Å². The zero-order valence-electron chi connectivity index (χ0n) is 10.5. The monoisotopic (exact) mass is 355 g/mol. The SMILES string of the molecule is CCCC(CN)c1ncc(-c2ccc(I)cc2)[nH]1. The first-order chi connectivity index (χ1) is 8.74. The van der Waals surface area contributed by atoms with Gasteiger partial charge in [0, 0.05) is 16.0 Å². The van der Waals surface area contributed by atoms with Crippen LogP contribution in [-0.4, -0.2) is 16.5 Å². The predicted octanol–water partition coefficient (Wildman–Crippen LogP) is 3.52. The molecule has 1 aromatic heterocycles. The molecule has 0 fully saturated rings. The van der Waals surface area contributed by atoms with Gasteiger partial charge in [0.2, 0.25) is 0 Å². The van der Waals surface area contributed by atoms with Gasteiger partial charge in [-0.1, -0.05) is 25.5 Å². The zero-order chi connectivity index (χ0) is 13.0. The van der Waals surface area contributed by atoms with E-state index in [1.807, 2.05) is 6.20 Å². The van der Waals surface area contributed by atoms with Gasteiger partial charge in [-0.2, -0.15) is 0 Å². The predicted molar refractivity (Wildman–Crippen MR) is 83.4 cm³/mol. The molecule has 0 radical (unpaired) electrons. The number of H-pyrrole nitrogens is 1. The van der Waals surface area contributed by atoms with Crippen LogP contribution >= 0.6 is 22.6 Å². The number of benzene rings is 1. The van der Waals surface area contributed by atoms with Gasteiger partial charge in [-0.3, -0.25) is 0 Å². The molecule has 18 heavy (non-hydrogen) atoms. The van der Waals surface area contributed by atoms with Crippen molar-refractivity contribution in [1.82, 2.24) is 9.97 Å². The van der Waals surface area contributed by atoms with Crippen LogP contribution in [0.2, 0.25) is 0 Å². The van der Waals surface area contributed by atoms with Crippen LogP contribution in [0, 0.1) is 3.57 Å². The maximum atomic E-state index is 5.80. The summed E-state index contributed by atoms with van der Waals surface area (Å²) in [4.78, 5) is 7.86. The molecule has 2 aromatic rings. The molecule has 0 spiro atoms. The molecule has 3 nitrogen and oxygen atoms in total. The van der Waals surface area contributed by atoms with Crippen LogP contribution in [0.1, 0.15) is 31.5 Å². The molecule has 0 saturated heterocycles. The lowest BCUT2D eigenvalue weighted by Gasteiger charge is -2.09. The minimum absolute atomic E-state index is 0.340. The zero-order valence-corrected chi connectivity index (χ0v) is 12.6. The largest absolute Gasteiger partial charge is 0.342 e. The molecule has 4 heteroatoms. The number of imidazole rings is 1. The molecule has 96 valence electrons. The van der Waals surface area contributed by atoms with Crippen LogP contribution in [0.25, 0.3) is 11.3 Å². The third-order valence-electron chi connectivity index (χ3n) is 3.06. The van der Waals surface area contributed by atoms with Gasteiger partial charge in [-0.25, -0.2) is 4.98 Å². The highest BCUT2D eigenvalue weighted by Gasteiger charge is 2.12. The Morgan fingerprint density at radius 2 is 2.06 bits per heavy atom. The highest BCUT2D eigenvalue weighted by molar-refractivity contribution is 14.1. The summed E-state index contributed by atoms with van der Waals surface area (Å²) < 4.78 is 1.24. The van der Waals surface area contributed by atoms with E-state index in [9.17, 15) is 0 Å². The number of aromatic amines is 1. The Morgan fingerprint density at radius 1 is 1.33 bits per heavy atom. The summed E-state index contributed by atoms with van der Waals surface area (Å²) in [5.74, 6) is 1.35. The van der Waals surface area contributed by atoms with Gasteiger partial charge >= 0.3 is 0 Å².